The van der Waals surface area contributed by atoms with Crippen LogP contribution < -0.4 is 11.5 Å². The molecule has 1 aromatic heterocycles. The first-order chi connectivity index (χ1) is 12.0. The van der Waals surface area contributed by atoms with Gasteiger partial charge >= 0.3 is 0 Å². The van der Waals surface area contributed by atoms with Crippen LogP contribution in [0, 0.1) is 0 Å². The van der Waals surface area contributed by atoms with E-state index in [0.29, 0.717) is 16.7 Å². The molecule has 126 valence electrons. The summed E-state index contributed by atoms with van der Waals surface area (Å²) in [4.78, 5) is 26.7. The highest BCUT2D eigenvalue weighted by molar-refractivity contribution is 6.09. The quantitative estimate of drug-likeness (QED) is 0.604. The van der Waals surface area contributed by atoms with Gasteiger partial charge in [0, 0.05) is 30.1 Å². The van der Waals surface area contributed by atoms with Gasteiger partial charge < -0.3 is 16.5 Å². The number of benzene rings is 2. The molecule has 25 heavy (non-hydrogen) atoms. The molecule has 5 nitrogen and oxygen atoms in total. The zero-order valence-corrected chi connectivity index (χ0v) is 13.7. The van der Waals surface area contributed by atoms with Gasteiger partial charge in [0.15, 0.2) is 5.78 Å². The number of carbonyl (C=O) groups is 2. The second kappa shape index (κ2) is 6.75. The third-order valence-electron chi connectivity index (χ3n) is 4.23. The minimum absolute atomic E-state index is 0.0597. The summed E-state index contributed by atoms with van der Waals surface area (Å²) in [6.45, 7) is 3.85. The number of nitrogens with one attached hydrogen (secondary N) is 1. The van der Waals surface area contributed by atoms with Gasteiger partial charge in [-0.25, -0.2) is 0 Å². The average molecular weight is 333 g/mol. The van der Waals surface area contributed by atoms with E-state index >= 15 is 0 Å². The number of aromatic nitrogens is 1. The van der Waals surface area contributed by atoms with Crippen LogP contribution in [-0.4, -0.2) is 23.2 Å². The SMILES string of the molecule is C=C(CN)C(=O)Cc1cccc(-c2ccc(C(N)=O)c3[nH]ccc23)c1. The van der Waals surface area contributed by atoms with E-state index in [0.717, 1.165) is 22.1 Å². The molecule has 3 aromatic rings. The van der Waals surface area contributed by atoms with Gasteiger partial charge in [-0.05, 0) is 28.8 Å². The summed E-state index contributed by atoms with van der Waals surface area (Å²) in [5.41, 5.74) is 15.3. The lowest BCUT2D eigenvalue weighted by Crippen LogP contribution is -2.13. The maximum Gasteiger partial charge on any atom is 0.250 e. The number of H-pyrrole nitrogens is 1. The summed E-state index contributed by atoms with van der Waals surface area (Å²) in [6.07, 6.45) is 2.04. The van der Waals surface area contributed by atoms with Crippen molar-refractivity contribution in [3.05, 3.63) is 71.9 Å². The Morgan fingerprint density at radius 2 is 1.92 bits per heavy atom. The van der Waals surface area contributed by atoms with Crippen LogP contribution in [0.4, 0.5) is 0 Å². The van der Waals surface area contributed by atoms with E-state index in [4.69, 9.17) is 11.5 Å². The highest BCUT2D eigenvalue weighted by atomic mass is 16.1. The third kappa shape index (κ3) is 3.22. The number of Topliss-reactive ketones (excluding diaryl/α,β-unsaturated/α-hetero) is 1. The Kier molecular flexibility index (Phi) is 4.50. The van der Waals surface area contributed by atoms with Crippen molar-refractivity contribution in [1.29, 1.82) is 0 Å². The molecule has 0 aliphatic rings. The molecule has 0 spiro atoms. The molecular formula is C20H19N3O2. The number of hydrogen-bond acceptors (Lipinski definition) is 3. The topological polar surface area (TPSA) is 102 Å². The Bertz CT molecular complexity index is 986. The molecule has 0 unspecified atom stereocenters. The van der Waals surface area contributed by atoms with E-state index in [1.807, 2.05) is 36.4 Å². The zero-order chi connectivity index (χ0) is 18.0. The monoisotopic (exact) mass is 333 g/mol. The van der Waals surface area contributed by atoms with Crippen LogP contribution >= 0.6 is 0 Å². The zero-order valence-electron chi connectivity index (χ0n) is 13.7. The van der Waals surface area contributed by atoms with E-state index in [-0.39, 0.29) is 18.7 Å². The third-order valence-corrected chi connectivity index (χ3v) is 4.23. The minimum atomic E-state index is -0.473. The molecule has 0 aliphatic heterocycles. The molecule has 0 bridgehead atoms. The summed E-state index contributed by atoms with van der Waals surface area (Å²) in [7, 11) is 0. The van der Waals surface area contributed by atoms with E-state index in [1.54, 1.807) is 12.3 Å². The van der Waals surface area contributed by atoms with Crippen LogP contribution in [0.25, 0.3) is 22.0 Å². The molecule has 0 fully saturated rings. The van der Waals surface area contributed by atoms with Crippen molar-refractivity contribution in [3.63, 3.8) is 0 Å². The Balaban J connectivity index is 2.02. The van der Waals surface area contributed by atoms with Crippen molar-refractivity contribution in [2.45, 2.75) is 6.42 Å². The number of carbonyl (C=O) groups excluding carboxylic acids is 2. The first-order valence-electron chi connectivity index (χ1n) is 7.91. The second-order valence-electron chi connectivity index (χ2n) is 5.90. The Morgan fingerprint density at radius 3 is 2.64 bits per heavy atom. The molecule has 0 saturated heterocycles. The summed E-state index contributed by atoms with van der Waals surface area (Å²) in [5.74, 6) is -0.533. The number of ketones is 1. The average Bonchev–Trinajstić information content (AvgIpc) is 3.09. The first-order valence-corrected chi connectivity index (χ1v) is 7.91. The van der Waals surface area contributed by atoms with Gasteiger partial charge in [-0.15, -0.1) is 0 Å². The second-order valence-corrected chi connectivity index (χ2v) is 5.90. The van der Waals surface area contributed by atoms with Crippen molar-refractivity contribution >= 4 is 22.6 Å². The molecule has 1 amide bonds. The van der Waals surface area contributed by atoms with Crippen LogP contribution in [0.1, 0.15) is 15.9 Å². The largest absolute Gasteiger partial charge is 0.366 e. The van der Waals surface area contributed by atoms with Crippen molar-refractivity contribution < 1.29 is 9.59 Å². The molecule has 2 aromatic carbocycles. The predicted molar refractivity (Wildman–Crippen MR) is 99.2 cm³/mol. The molecule has 0 aliphatic carbocycles. The van der Waals surface area contributed by atoms with E-state index in [1.165, 1.54) is 0 Å². The number of nitrogens with two attached hydrogens (primary N) is 2. The Hall–Kier alpha value is -3.18. The van der Waals surface area contributed by atoms with E-state index in [9.17, 15) is 9.59 Å². The minimum Gasteiger partial charge on any atom is -0.366 e. The maximum atomic E-state index is 12.0. The van der Waals surface area contributed by atoms with Gasteiger partial charge in [0.25, 0.3) is 5.91 Å². The molecule has 0 saturated carbocycles. The first kappa shape index (κ1) is 16.7. The van der Waals surface area contributed by atoms with Crippen LogP contribution in [0.2, 0.25) is 0 Å². The lowest BCUT2D eigenvalue weighted by molar-refractivity contribution is -0.114. The summed E-state index contributed by atoms with van der Waals surface area (Å²) >= 11 is 0. The number of aromatic amines is 1. The van der Waals surface area contributed by atoms with Gasteiger partial charge in [-0.3, -0.25) is 9.59 Å². The fourth-order valence-corrected chi connectivity index (χ4v) is 2.89. The van der Waals surface area contributed by atoms with Crippen molar-refractivity contribution in [2.24, 2.45) is 11.5 Å². The molecule has 5 N–H and O–H groups in total. The van der Waals surface area contributed by atoms with Crippen LogP contribution in [0.3, 0.4) is 0 Å². The molecular weight excluding hydrogens is 314 g/mol. The van der Waals surface area contributed by atoms with Gasteiger partial charge in [0.05, 0.1) is 11.1 Å². The highest BCUT2D eigenvalue weighted by Gasteiger charge is 2.13. The standard InChI is InChI=1S/C20H19N3O2/c1-12(11-21)18(24)10-13-3-2-4-14(9-13)15-5-6-17(20(22)25)19-16(15)7-8-23-19/h2-9,23H,1,10-11,21H2,(H2,22,25). The summed E-state index contributed by atoms with van der Waals surface area (Å²) in [6, 6.07) is 13.2. The molecule has 0 atom stereocenters. The highest BCUT2D eigenvalue weighted by Crippen LogP contribution is 2.31. The summed E-state index contributed by atoms with van der Waals surface area (Å²) < 4.78 is 0. The number of fused-ring (bicyclic) bond motifs is 1. The van der Waals surface area contributed by atoms with Crippen LogP contribution in [0.15, 0.2) is 60.8 Å². The predicted octanol–water partition coefficient (Wildman–Crippen LogP) is 2.56. The maximum absolute atomic E-state index is 12.0. The van der Waals surface area contributed by atoms with Crippen molar-refractivity contribution in [3.8, 4) is 11.1 Å². The lowest BCUT2D eigenvalue weighted by Gasteiger charge is -2.09. The number of amides is 1. The fraction of sp³-hybridized carbons (Fsp3) is 0.100. The van der Waals surface area contributed by atoms with Crippen LogP contribution in [0.5, 0.6) is 0 Å². The van der Waals surface area contributed by atoms with Crippen LogP contribution in [-0.2, 0) is 11.2 Å². The number of primary amides is 1. The van der Waals surface area contributed by atoms with Gasteiger partial charge in [0.1, 0.15) is 0 Å². The normalized spacial score (nSPS) is 10.8. The Morgan fingerprint density at radius 1 is 1.12 bits per heavy atom. The van der Waals surface area contributed by atoms with Gasteiger partial charge in [0.2, 0.25) is 0 Å². The summed E-state index contributed by atoms with van der Waals surface area (Å²) in [5, 5.41) is 0.908. The molecule has 5 heteroatoms. The van der Waals surface area contributed by atoms with Gasteiger partial charge in [-0.1, -0.05) is 36.9 Å². The molecule has 1 heterocycles. The number of rotatable bonds is 6. The van der Waals surface area contributed by atoms with E-state index in [2.05, 4.69) is 11.6 Å². The van der Waals surface area contributed by atoms with Gasteiger partial charge in [-0.2, -0.15) is 0 Å². The fourth-order valence-electron chi connectivity index (χ4n) is 2.89. The molecule has 3 rings (SSSR count). The smallest absolute Gasteiger partial charge is 0.250 e. The number of hydrogen-bond donors (Lipinski definition) is 3. The van der Waals surface area contributed by atoms with Crippen molar-refractivity contribution in [2.75, 3.05) is 6.54 Å². The van der Waals surface area contributed by atoms with E-state index < -0.39 is 5.91 Å². The molecule has 0 radical (unpaired) electrons. The Labute approximate surface area is 145 Å². The lowest BCUT2D eigenvalue weighted by atomic mass is 9.95. The van der Waals surface area contributed by atoms with Crippen molar-refractivity contribution in [1.82, 2.24) is 4.98 Å².